The molecule has 0 aliphatic carbocycles. The number of carbonyl (C=O) groups is 4. The minimum absolute atomic E-state index is 0.118. The number of carbonyl (C=O) groups excluding carboxylic acids is 4. The molecule has 0 atom stereocenters. The van der Waals surface area contributed by atoms with Crippen LogP contribution in [0, 0.1) is 6.92 Å². The first kappa shape index (κ1) is 22.9. The number of hydrogen-bond donors (Lipinski definition) is 2. The Morgan fingerprint density at radius 3 is 2.30 bits per heavy atom. The van der Waals surface area contributed by atoms with Crippen molar-refractivity contribution in [2.45, 2.75) is 19.8 Å². The molecule has 2 amide bonds. The van der Waals surface area contributed by atoms with Gasteiger partial charge in [-0.25, -0.2) is 4.79 Å². The van der Waals surface area contributed by atoms with Crippen LogP contribution in [-0.4, -0.2) is 37.5 Å². The zero-order chi connectivity index (χ0) is 22.1. The number of nitrogens with one attached hydrogen (secondary N) is 2. The Morgan fingerprint density at radius 2 is 1.63 bits per heavy atom. The molecule has 0 spiro atoms. The summed E-state index contributed by atoms with van der Waals surface area (Å²) in [5.41, 5.74) is 2.05. The zero-order valence-corrected chi connectivity index (χ0v) is 17.2. The van der Waals surface area contributed by atoms with Crippen molar-refractivity contribution in [2.24, 2.45) is 0 Å². The van der Waals surface area contributed by atoms with Crippen LogP contribution in [0.1, 0.15) is 28.8 Å². The zero-order valence-electron chi connectivity index (χ0n) is 16.5. The Labute approximate surface area is 178 Å². The second kappa shape index (κ2) is 11.0. The highest BCUT2D eigenvalue weighted by Gasteiger charge is 2.12. The molecule has 9 heteroatoms. The fourth-order valence-electron chi connectivity index (χ4n) is 2.39. The molecule has 0 saturated heterocycles. The van der Waals surface area contributed by atoms with Crippen molar-refractivity contribution < 1.29 is 28.7 Å². The minimum atomic E-state index is -0.677. The second-order valence-corrected chi connectivity index (χ2v) is 6.65. The highest BCUT2D eigenvalue weighted by atomic mass is 35.5. The van der Waals surface area contributed by atoms with Gasteiger partial charge in [-0.05, 0) is 48.9 Å². The van der Waals surface area contributed by atoms with Gasteiger partial charge in [-0.1, -0.05) is 17.7 Å². The van der Waals surface area contributed by atoms with Gasteiger partial charge in [0, 0.05) is 22.8 Å². The Kier molecular flexibility index (Phi) is 8.37. The van der Waals surface area contributed by atoms with E-state index in [-0.39, 0.29) is 12.8 Å². The third-order valence-electron chi connectivity index (χ3n) is 4.05. The Hall–Kier alpha value is -3.39. The molecule has 2 N–H and O–H groups in total. The van der Waals surface area contributed by atoms with Gasteiger partial charge in [0.15, 0.2) is 6.61 Å². The fourth-order valence-corrected chi connectivity index (χ4v) is 2.57. The number of ether oxygens (including phenoxy) is 2. The molecular formula is C21H21ClN2O6. The molecule has 30 heavy (non-hydrogen) atoms. The van der Waals surface area contributed by atoms with Crippen molar-refractivity contribution in [1.82, 2.24) is 0 Å². The number of methoxy groups -OCH3 is 1. The quantitative estimate of drug-likeness (QED) is 0.619. The van der Waals surface area contributed by atoms with E-state index in [4.69, 9.17) is 16.3 Å². The number of halogens is 1. The highest BCUT2D eigenvalue weighted by molar-refractivity contribution is 6.31. The maximum atomic E-state index is 11.9. The van der Waals surface area contributed by atoms with Gasteiger partial charge in [0.25, 0.3) is 5.91 Å². The van der Waals surface area contributed by atoms with Gasteiger partial charge in [-0.3, -0.25) is 14.4 Å². The van der Waals surface area contributed by atoms with E-state index in [0.29, 0.717) is 27.5 Å². The molecule has 2 aromatic rings. The normalized spacial score (nSPS) is 10.1. The summed E-state index contributed by atoms with van der Waals surface area (Å²) in [6.45, 7) is 1.28. The standard InChI is InChI=1S/C21H21ClN2O6/c1-13-16(22)4-3-5-17(13)24-19(26)12-30-20(27)11-10-18(25)23-15-8-6-14(7-9-15)21(28)29-2/h3-9H,10-12H2,1-2H3,(H,23,25)(H,24,26). The second-order valence-electron chi connectivity index (χ2n) is 6.24. The number of benzene rings is 2. The SMILES string of the molecule is COC(=O)c1ccc(NC(=O)CCC(=O)OCC(=O)Nc2cccc(Cl)c2C)cc1. The van der Waals surface area contributed by atoms with Crippen molar-refractivity contribution in [2.75, 3.05) is 24.4 Å². The summed E-state index contributed by atoms with van der Waals surface area (Å²) in [6.07, 6.45) is -0.303. The van der Waals surface area contributed by atoms with Gasteiger partial charge >= 0.3 is 11.9 Å². The van der Waals surface area contributed by atoms with Gasteiger partial charge in [0.05, 0.1) is 19.1 Å². The summed E-state index contributed by atoms with van der Waals surface area (Å²) in [6, 6.07) is 11.2. The lowest BCUT2D eigenvalue weighted by molar-refractivity contribution is -0.147. The number of anilines is 2. The summed E-state index contributed by atoms with van der Waals surface area (Å²) < 4.78 is 9.48. The van der Waals surface area contributed by atoms with E-state index in [9.17, 15) is 19.2 Å². The Morgan fingerprint density at radius 1 is 0.933 bits per heavy atom. The fraction of sp³-hybridized carbons (Fsp3) is 0.238. The van der Waals surface area contributed by atoms with Crippen molar-refractivity contribution >= 4 is 46.7 Å². The number of rotatable bonds is 8. The Balaban J connectivity index is 1.72. The smallest absolute Gasteiger partial charge is 0.337 e. The molecular weight excluding hydrogens is 412 g/mol. The lowest BCUT2D eigenvalue weighted by atomic mass is 10.2. The van der Waals surface area contributed by atoms with Crippen LogP contribution in [0.3, 0.4) is 0 Å². The Bertz CT molecular complexity index is 943. The van der Waals surface area contributed by atoms with Gasteiger partial charge in [0.1, 0.15) is 0 Å². The average molecular weight is 433 g/mol. The first-order valence-corrected chi connectivity index (χ1v) is 9.36. The lowest BCUT2D eigenvalue weighted by Crippen LogP contribution is -2.22. The van der Waals surface area contributed by atoms with Crippen LogP contribution in [-0.2, 0) is 23.9 Å². The van der Waals surface area contributed by atoms with Crippen LogP contribution in [0.4, 0.5) is 11.4 Å². The summed E-state index contributed by atoms with van der Waals surface area (Å²) in [4.78, 5) is 47.0. The molecule has 0 aliphatic heterocycles. The van der Waals surface area contributed by atoms with E-state index >= 15 is 0 Å². The molecule has 0 bridgehead atoms. The van der Waals surface area contributed by atoms with Gasteiger partial charge in [0.2, 0.25) is 5.91 Å². The van der Waals surface area contributed by atoms with E-state index < -0.39 is 30.4 Å². The summed E-state index contributed by atoms with van der Waals surface area (Å²) in [5.74, 6) is -2.07. The van der Waals surface area contributed by atoms with Crippen LogP contribution in [0.25, 0.3) is 0 Å². The third kappa shape index (κ3) is 6.89. The minimum Gasteiger partial charge on any atom is -0.465 e. The molecule has 0 unspecified atom stereocenters. The number of hydrogen-bond acceptors (Lipinski definition) is 6. The summed E-state index contributed by atoms with van der Waals surface area (Å²) in [7, 11) is 1.28. The van der Waals surface area contributed by atoms with Crippen molar-refractivity contribution in [3.63, 3.8) is 0 Å². The average Bonchev–Trinajstić information content (AvgIpc) is 2.74. The molecule has 8 nitrogen and oxygen atoms in total. The maximum absolute atomic E-state index is 11.9. The van der Waals surface area contributed by atoms with Crippen LogP contribution in [0.2, 0.25) is 5.02 Å². The monoisotopic (exact) mass is 432 g/mol. The first-order valence-electron chi connectivity index (χ1n) is 8.99. The van der Waals surface area contributed by atoms with Gasteiger partial charge in [-0.15, -0.1) is 0 Å². The van der Waals surface area contributed by atoms with Gasteiger partial charge < -0.3 is 20.1 Å². The van der Waals surface area contributed by atoms with E-state index in [0.717, 1.165) is 0 Å². The van der Waals surface area contributed by atoms with Gasteiger partial charge in [-0.2, -0.15) is 0 Å². The van der Waals surface area contributed by atoms with Crippen LogP contribution in [0.5, 0.6) is 0 Å². The summed E-state index contributed by atoms with van der Waals surface area (Å²) in [5, 5.41) is 5.72. The van der Waals surface area contributed by atoms with Crippen molar-refractivity contribution in [3.05, 3.63) is 58.6 Å². The molecule has 0 radical (unpaired) electrons. The van der Waals surface area contributed by atoms with E-state index in [1.807, 2.05) is 0 Å². The predicted octanol–water partition coefficient (Wildman–Crippen LogP) is 3.34. The maximum Gasteiger partial charge on any atom is 0.337 e. The van der Waals surface area contributed by atoms with Crippen LogP contribution in [0.15, 0.2) is 42.5 Å². The van der Waals surface area contributed by atoms with Crippen molar-refractivity contribution in [3.8, 4) is 0 Å². The summed E-state index contributed by atoms with van der Waals surface area (Å²) >= 11 is 5.99. The van der Waals surface area contributed by atoms with E-state index in [2.05, 4.69) is 15.4 Å². The molecule has 2 aromatic carbocycles. The number of esters is 2. The van der Waals surface area contributed by atoms with Crippen LogP contribution < -0.4 is 10.6 Å². The molecule has 0 heterocycles. The largest absolute Gasteiger partial charge is 0.465 e. The van der Waals surface area contributed by atoms with Crippen LogP contribution >= 0.6 is 11.6 Å². The van der Waals surface area contributed by atoms with Crippen molar-refractivity contribution in [1.29, 1.82) is 0 Å². The third-order valence-corrected chi connectivity index (χ3v) is 4.46. The molecule has 0 fully saturated rings. The highest BCUT2D eigenvalue weighted by Crippen LogP contribution is 2.22. The first-order chi connectivity index (χ1) is 14.3. The molecule has 0 saturated carbocycles. The lowest BCUT2D eigenvalue weighted by Gasteiger charge is -2.10. The van der Waals surface area contributed by atoms with E-state index in [1.54, 1.807) is 37.3 Å². The predicted molar refractivity (Wildman–Crippen MR) is 111 cm³/mol. The molecule has 0 aliphatic rings. The molecule has 0 aromatic heterocycles. The molecule has 158 valence electrons. The molecule has 2 rings (SSSR count). The number of amides is 2. The van der Waals surface area contributed by atoms with E-state index in [1.165, 1.54) is 19.2 Å². The topological polar surface area (TPSA) is 111 Å².